The number of halogens is 2. The van der Waals surface area contributed by atoms with Crippen LogP contribution in [0.2, 0.25) is 0 Å². The van der Waals surface area contributed by atoms with Crippen LogP contribution in [-0.2, 0) is 0 Å². The number of hydrogen-bond donors (Lipinski definition) is 0. The third-order valence-electron chi connectivity index (χ3n) is 8.42. The summed E-state index contributed by atoms with van der Waals surface area (Å²) >= 11 is 10.0. The molecule has 2 aliphatic rings. The summed E-state index contributed by atoms with van der Waals surface area (Å²) < 4.78 is 1.78. The van der Waals surface area contributed by atoms with E-state index in [-0.39, 0.29) is 23.6 Å². The zero-order valence-corrected chi connectivity index (χ0v) is 29.4. The highest BCUT2D eigenvalue weighted by Gasteiger charge is 2.43. The van der Waals surface area contributed by atoms with Crippen molar-refractivity contribution < 1.29 is 19.2 Å². The van der Waals surface area contributed by atoms with Crippen molar-refractivity contribution >= 4 is 88.9 Å². The molecule has 0 spiro atoms. The Morgan fingerprint density at radius 3 is 1.30 bits per heavy atom. The fourth-order valence-electron chi connectivity index (χ4n) is 6.27. The van der Waals surface area contributed by atoms with Gasteiger partial charge in [0.15, 0.2) is 0 Å². The van der Waals surface area contributed by atoms with Gasteiger partial charge in [-0.15, -0.1) is 22.7 Å². The predicted octanol–water partition coefficient (Wildman–Crippen LogP) is 10.2. The molecule has 0 N–H and O–H groups in total. The van der Waals surface area contributed by atoms with Crippen LogP contribution in [0.1, 0.15) is 107 Å². The Kier molecular flexibility index (Phi) is 9.25. The third kappa shape index (κ3) is 5.42. The zero-order chi connectivity index (χ0) is 31.1. The maximum absolute atomic E-state index is 14.3. The molecule has 0 bridgehead atoms. The number of imide groups is 2. The third-order valence-corrected chi connectivity index (χ3v) is 11.7. The Bertz CT molecular complexity index is 1690. The lowest BCUT2D eigenvalue weighted by Gasteiger charge is -2.34. The van der Waals surface area contributed by atoms with Crippen LogP contribution in [0.4, 0.5) is 0 Å². The van der Waals surface area contributed by atoms with E-state index in [0.717, 1.165) is 55.9 Å². The van der Waals surface area contributed by atoms with E-state index < -0.39 is 0 Å². The van der Waals surface area contributed by atoms with E-state index in [4.69, 9.17) is 0 Å². The second-order valence-electron chi connectivity index (χ2n) is 11.3. The van der Waals surface area contributed by atoms with E-state index in [2.05, 4.69) is 45.7 Å². The zero-order valence-electron chi connectivity index (χ0n) is 24.6. The molecule has 6 rings (SSSR count). The van der Waals surface area contributed by atoms with Gasteiger partial charge >= 0.3 is 0 Å². The molecule has 44 heavy (non-hydrogen) atoms. The molecule has 0 atom stereocenters. The number of thiophene rings is 2. The van der Waals surface area contributed by atoms with Crippen molar-refractivity contribution in [3.63, 3.8) is 0 Å². The minimum atomic E-state index is -0.375. The Balaban J connectivity index is 1.64. The van der Waals surface area contributed by atoms with Crippen LogP contribution in [0.3, 0.4) is 0 Å². The van der Waals surface area contributed by atoms with E-state index in [0.29, 0.717) is 70.1 Å². The lowest BCUT2D eigenvalue weighted by atomic mass is 9.80. The molecule has 2 aromatic heterocycles. The highest BCUT2D eigenvalue weighted by Crippen LogP contribution is 2.48. The number of rotatable bonds is 12. The van der Waals surface area contributed by atoms with E-state index >= 15 is 0 Å². The smallest absolute Gasteiger partial charge is 0.262 e. The number of unbranched alkanes of at least 4 members (excludes halogenated alkanes) is 6. The molecular formula is C34H32Br2N2O4S2. The summed E-state index contributed by atoms with van der Waals surface area (Å²) in [5, 5.41) is 0.840. The van der Waals surface area contributed by atoms with E-state index in [1.54, 1.807) is 12.1 Å². The van der Waals surface area contributed by atoms with E-state index in [9.17, 15) is 19.2 Å². The minimum absolute atomic E-state index is 0.318. The number of amides is 4. The molecule has 6 nitrogen and oxygen atoms in total. The van der Waals surface area contributed by atoms with Gasteiger partial charge in [0.1, 0.15) is 0 Å². The second-order valence-corrected chi connectivity index (χ2v) is 16.2. The molecule has 0 saturated heterocycles. The molecule has 0 aliphatic carbocycles. The monoisotopic (exact) mass is 754 g/mol. The number of nitrogens with zero attached hydrogens (tertiary/aromatic N) is 2. The van der Waals surface area contributed by atoms with Gasteiger partial charge < -0.3 is 0 Å². The number of hydrogen-bond acceptors (Lipinski definition) is 6. The van der Waals surface area contributed by atoms with Gasteiger partial charge in [0.2, 0.25) is 0 Å². The first kappa shape index (κ1) is 31.3. The van der Waals surface area contributed by atoms with Crippen molar-refractivity contribution in [2.45, 2.75) is 65.2 Å². The molecule has 2 aliphatic heterocycles. The average molecular weight is 757 g/mol. The van der Waals surface area contributed by atoms with Crippen molar-refractivity contribution in [1.82, 2.24) is 9.80 Å². The van der Waals surface area contributed by atoms with Gasteiger partial charge in [0.05, 0.1) is 18.7 Å². The molecule has 228 valence electrons. The number of benzene rings is 2. The molecular weight excluding hydrogens is 724 g/mol. The molecule has 4 aromatic rings. The van der Waals surface area contributed by atoms with Crippen molar-refractivity contribution in [2.75, 3.05) is 13.1 Å². The van der Waals surface area contributed by atoms with E-state index in [1.165, 1.54) is 32.5 Å². The largest absolute Gasteiger partial charge is 0.274 e. The highest BCUT2D eigenvalue weighted by atomic mass is 79.9. The van der Waals surface area contributed by atoms with Gasteiger partial charge in [-0.1, -0.05) is 52.4 Å². The van der Waals surface area contributed by atoms with Crippen molar-refractivity contribution in [3.8, 4) is 20.9 Å². The fraction of sp³-hybridized carbons (Fsp3) is 0.353. The van der Waals surface area contributed by atoms with Gasteiger partial charge in [-0.25, -0.2) is 0 Å². The molecule has 0 radical (unpaired) electrons. The second kappa shape index (κ2) is 13.0. The first-order chi connectivity index (χ1) is 21.3. The lowest BCUT2D eigenvalue weighted by molar-refractivity contribution is 0.0587. The maximum atomic E-state index is 14.3. The number of carbonyl (C=O) groups excluding carboxylic acids is 4. The Morgan fingerprint density at radius 1 is 0.545 bits per heavy atom. The van der Waals surface area contributed by atoms with Crippen LogP contribution in [0.5, 0.6) is 0 Å². The average Bonchev–Trinajstić information content (AvgIpc) is 3.65. The number of carbonyl (C=O) groups is 4. The summed E-state index contributed by atoms with van der Waals surface area (Å²) in [7, 11) is 0. The maximum Gasteiger partial charge on any atom is 0.262 e. The topological polar surface area (TPSA) is 74.8 Å². The van der Waals surface area contributed by atoms with E-state index in [1.807, 2.05) is 24.3 Å². The van der Waals surface area contributed by atoms with Crippen LogP contribution < -0.4 is 0 Å². The predicted molar refractivity (Wildman–Crippen MR) is 185 cm³/mol. The quantitative estimate of drug-likeness (QED) is 0.107. The normalized spacial score (nSPS) is 14.5. The summed E-state index contributed by atoms with van der Waals surface area (Å²) in [5.41, 5.74) is 2.74. The lowest BCUT2D eigenvalue weighted by Crippen LogP contribution is -2.44. The fourth-order valence-corrected chi connectivity index (χ4v) is 9.09. The molecule has 2 aromatic carbocycles. The molecule has 4 heterocycles. The molecule has 0 fully saturated rings. The summed E-state index contributed by atoms with van der Waals surface area (Å²) in [6.07, 6.45) is 7.42. The molecule has 0 saturated carbocycles. The summed E-state index contributed by atoms with van der Waals surface area (Å²) in [6.45, 7) is 4.88. The van der Waals surface area contributed by atoms with Gasteiger partial charge in [-0.3, -0.25) is 29.0 Å². The highest BCUT2D eigenvalue weighted by molar-refractivity contribution is 9.11. The Morgan fingerprint density at radius 2 is 0.955 bits per heavy atom. The van der Waals surface area contributed by atoms with Gasteiger partial charge in [0, 0.05) is 55.9 Å². The van der Waals surface area contributed by atoms with Crippen LogP contribution >= 0.6 is 54.5 Å². The van der Waals surface area contributed by atoms with Crippen molar-refractivity contribution in [2.24, 2.45) is 0 Å². The SMILES string of the molecule is CCCCCCN1C(=O)c2cc(-c3ccc(Br)s3)c3c4c(cc(-c5ccc(Br)s5)c(c24)C1=O)C(=O)N(CCCCCC)C3=O. The molecule has 0 unspecified atom stereocenters. The molecule has 10 heteroatoms. The standard InChI is InChI=1S/C34H32Br2N2O4S2/c1-3-5-7-9-15-37-31(39)21-17-20(24-12-14-26(36)44-24)30-28-22(32(40)38(34(30)42)16-10-8-6-4-2)18-19(23-11-13-25(35)43-23)29(27(21)28)33(37)41/h11-14,17-18H,3-10,15-16H2,1-2H3. The minimum Gasteiger partial charge on any atom is -0.274 e. The van der Waals surface area contributed by atoms with Crippen LogP contribution in [-0.4, -0.2) is 46.5 Å². The van der Waals surface area contributed by atoms with Crippen LogP contribution in [0.25, 0.3) is 31.7 Å². The summed E-state index contributed by atoms with van der Waals surface area (Å²) in [5.74, 6) is -1.49. The summed E-state index contributed by atoms with van der Waals surface area (Å²) in [4.78, 5) is 61.4. The van der Waals surface area contributed by atoms with Gasteiger partial charge in [-0.2, -0.15) is 0 Å². The van der Waals surface area contributed by atoms with Crippen LogP contribution in [0, 0.1) is 0 Å². The molecule has 4 amide bonds. The van der Waals surface area contributed by atoms with Crippen LogP contribution in [0.15, 0.2) is 44.0 Å². The van der Waals surface area contributed by atoms with Crippen molar-refractivity contribution in [1.29, 1.82) is 0 Å². The Labute approximate surface area is 281 Å². The first-order valence-corrected chi connectivity index (χ1v) is 18.4. The van der Waals surface area contributed by atoms with Gasteiger partial charge in [0.25, 0.3) is 23.6 Å². The summed E-state index contributed by atoms with van der Waals surface area (Å²) in [6, 6.07) is 11.3. The van der Waals surface area contributed by atoms with Gasteiger partial charge in [-0.05, 0) is 81.1 Å². The first-order valence-electron chi connectivity index (χ1n) is 15.2. The van der Waals surface area contributed by atoms with Crippen molar-refractivity contribution in [3.05, 3.63) is 66.2 Å². The Hall–Kier alpha value is -2.66.